The molecule has 2 saturated heterocycles. The molecule has 4 heteroatoms. The second kappa shape index (κ2) is 9.93. The highest BCUT2D eigenvalue weighted by Crippen LogP contribution is 2.25. The number of benzene rings is 2. The highest BCUT2D eigenvalue weighted by Gasteiger charge is 2.27. The predicted molar refractivity (Wildman–Crippen MR) is 119 cm³/mol. The van der Waals surface area contributed by atoms with Crippen LogP contribution in [-0.4, -0.2) is 48.6 Å². The van der Waals surface area contributed by atoms with E-state index in [1.807, 2.05) is 35.2 Å². The maximum Gasteiger partial charge on any atom is 0.321 e. The molecule has 1 N–H and O–H groups in total. The molecule has 0 bridgehead atoms. The van der Waals surface area contributed by atoms with Crippen LogP contribution >= 0.6 is 0 Å². The molecule has 2 aliphatic rings. The van der Waals surface area contributed by atoms with E-state index in [1.54, 1.807) is 0 Å². The number of urea groups is 1. The molecule has 29 heavy (non-hydrogen) atoms. The molecule has 2 aromatic carbocycles. The molecule has 2 aromatic rings. The number of para-hydroxylation sites is 1. The van der Waals surface area contributed by atoms with E-state index in [0.29, 0.717) is 5.92 Å². The third-order valence-corrected chi connectivity index (χ3v) is 6.42. The van der Waals surface area contributed by atoms with Gasteiger partial charge in [-0.05, 0) is 74.7 Å². The summed E-state index contributed by atoms with van der Waals surface area (Å²) in [5, 5.41) is 3.04. The minimum Gasteiger partial charge on any atom is -0.324 e. The number of nitrogens with zero attached hydrogens (tertiary/aromatic N) is 2. The standard InChI is InChI=1S/C25H33N3O/c29-25(26-24-11-5-2-6-12-24)28-15-7-10-23(20-28)19-27-16-13-22(14-17-27)18-21-8-3-1-4-9-21/h1-6,8-9,11-12,22-23H,7,10,13-20H2,(H,26,29). The summed E-state index contributed by atoms with van der Waals surface area (Å²) in [6.45, 7) is 5.28. The second-order valence-electron chi connectivity index (χ2n) is 8.68. The van der Waals surface area contributed by atoms with Crippen LogP contribution in [-0.2, 0) is 6.42 Å². The summed E-state index contributed by atoms with van der Waals surface area (Å²) in [5.41, 5.74) is 2.35. The van der Waals surface area contributed by atoms with E-state index in [2.05, 4.69) is 40.5 Å². The maximum absolute atomic E-state index is 12.6. The lowest BCUT2D eigenvalue weighted by molar-refractivity contribution is 0.121. The zero-order valence-corrected chi connectivity index (χ0v) is 17.3. The van der Waals surface area contributed by atoms with Crippen molar-refractivity contribution in [3.8, 4) is 0 Å². The Kier molecular flexibility index (Phi) is 6.83. The van der Waals surface area contributed by atoms with Crippen molar-refractivity contribution in [2.24, 2.45) is 11.8 Å². The van der Waals surface area contributed by atoms with Crippen LogP contribution in [0.4, 0.5) is 10.5 Å². The van der Waals surface area contributed by atoms with Crippen molar-refractivity contribution >= 4 is 11.7 Å². The van der Waals surface area contributed by atoms with Gasteiger partial charge in [0, 0.05) is 25.3 Å². The Labute approximate surface area is 174 Å². The summed E-state index contributed by atoms with van der Waals surface area (Å²) in [6, 6.07) is 20.7. The fourth-order valence-corrected chi connectivity index (χ4v) is 4.81. The van der Waals surface area contributed by atoms with Gasteiger partial charge < -0.3 is 15.1 Å². The quantitative estimate of drug-likeness (QED) is 0.788. The number of amides is 2. The first-order valence-electron chi connectivity index (χ1n) is 11.1. The van der Waals surface area contributed by atoms with E-state index in [-0.39, 0.29) is 6.03 Å². The number of carbonyl (C=O) groups excluding carboxylic acids is 1. The Morgan fingerprint density at radius 1 is 0.862 bits per heavy atom. The monoisotopic (exact) mass is 391 g/mol. The average Bonchev–Trinajstić information content (AvgIpc) is 2.77. The predicted octanol–water partition coefficient (Wildman–Crippen LogP) is 4.89. The Morgan fingerprint density at radius 3 is 2.28 bits per heavy atom. The molecule has 0 aromatic heterocycles. The van der Waals surface area contributed by atoms with Crippen molar-refractivity contribution in [2.45, 2.75) is 32.1 Å². The van der Waals surface area contributed by atoms with Gasteiger partial charge in [-0.2, -0.15) is 0 Å². The molecule has 0 spiro atoms. The van der Waals surface area contributed by atoms with Gasteiger partial charge in [0.05, 0.1) is 0 Å². The van der Waals surface area contributed by atoms with Crippen molar-refractivity contribution in [1.82, 2.24) is 9.80 Å². The van der Waals surface area contributed by atoms with Gasteiger partial charge in [0.2, 0.25) is 0 Å². The van der Waals surface area contributed by atoms with Crippen molar-refractivity contribution in [3.05, 3.63) is 66.2 Å². The van der Waals surface area contributed by atoms with Crippen LogP contribution < -0.4 is 5.32 Å². The molecule has 1 atom stereocenters. The molecule has 0 saturated carbocycles. The third kappa shape index (κ3) is 5.83. The number of likely N-dealkylation sites (tertiary alicyclic amines) is 2. The van der Waals surface area contributed by atoms with Gasteiger partial charge >= 0.3 is 6.03 Å². The molecule has 4 nitrogen and oxygen atoms in total. The summed E-state index contributed by atoms with van der Waals surface area (Å²) in [7, 11) is 0. The number of piperidine rings is 2. The van der Waals surface area contributed by atoms with Crippen LogP contribution in [0.25, 0.3) is 0 Å². The molecular weight excluding hydrogens is 358 g/mol. The number of nitrogens with one attached hydrogen (secondary N) is 1. The van der Waals surface area contributed by atoms with Crippen molar-refractivity contribution in [2.75, 3.05) is 38.0 Å². The van der Waals surface area contributed by atoms with Crippen LogP contribution in [0, 0.1) is 11.8 Å². The molecule has 1 unspecified atom stereocenters. The van der Waals surface area contributed by atoms with Crippen LogP contribution in [0.3, 0.4) is 0 Å². The highest BCUT2D eigenvalue weighted by molar-refractivity contribution is 5.89. The van der Waals surface area contributed by atoms with Gasteiger partial charge in [-0.15, -0.1) is 0 Å². The fourth-order valence-electron chi connectivity index (χ4n) is 4.81. The van der Waals surface area contributed by atoms with Crippen molar-refractivity contribution < 1.29 is 4.79 Å². The lowest BCUT2D eigenvalue weighted by Gasteiger charge is -2.38. The molecule has 2 fully saturated rings. The lowest BCUT2D eigenvalue weighted by atomic mass is 9.89. The lowest BCUT2D eigenvalue weighted by Crippen LogP contribution is -2.46. The van der Waals surface area contributed by atoms with Crippen LogP contribution in [0.5, 0.6) is 0 Å². The van der Waals surface area contributed by atoms with Gasteiger partial charge in [-0.1, -0.05) is 48.5 Å². The molecule has 2 heterocycles. The number of anilines is 1. The molecular formula is C25H33N3O. The normalized spacial score (nSPS) is 21.1. The van der Waals surface area contributed by atoms with Gasteiger partial charge in [0.25, 0.3) is 0 Å². The van der Waals surface area contributed by atoms with E-state index in [0.717, 1.165) is 37.7 Å². The highest BCUT2D eigenvalue weighted by atomic mass is 16.2. The Balaban J connectivity index is 1.21. The smallest absolute Gasteiger partial charge is 0.321 e. The van der Waals surface area contributed by atoms with Crippen molar-refractivity contribution in [3.63, 3.8) is 0 Å². The molecule has 4 rings (SSSR count). The summed E-state index contributed by atoms with van der Waals surface area (Å²) in [6.07, 6.45) is 6.14. The summed E-state index contributed by atoms with van der Waals surface area (Å²) in [4.78, 5) is 17.3. The fraction of sp³-hybridized carbons (Fsp3) is 0.480. The minimum absolute atomic E-state index is 0.0440. The Bertz CT molecular complexity index is 756. The number of carbonyl (C=O) groups is 1. The van der Waals surface area contributed by atoms with Gasteiger partial charge in [0.15, 0.2) is 0 Å². The van der Waals surface area contributed by atoms with Crippen LogP contribution in [0.1, 0.15) is 31.2 Å². The largest absolute Gasteiger partial charge is 0.324 e. The Morgan fingerprint density at radius 2 is 1.55 bits per heavy atom. The molecule has 2 aliphatic heterocycles. The summed E-state index contributed by atoms with van der Waals surface area (Å²) >= 11 is 0. The second-order valence-corrected chi connectivity index (χ2v) is 8.68. The van der Waals surface area contributed by atoms with E-state index in [4.69, 9.17) is 0 Å². The first-order chi connectivity index (χ1) is 14.3. The van der Waals surface area contributed by atoms with E-state index in [1.165, 1.54) is 44.3 Å². The summed E-state index contributed by atoms with van der Waals surface area (Å²) < 4.78 is 0. The summed E-state index contributed by atoms with van der Waals surface area (Å²) in [5.74, 6) is 1.41. The van der Waals surface area contributed by atoms with Gasteiger partial charge in [0.1, 0.15) is 0 Å². The number of rotatable bonds is 5. The van der Waals surface area contributed by atoms with Crippen LogP contribution in [0.15, 0.2) is 60.7 Å². The van der Waals surface area contributed by atoms with E-state index < -0.39 is 0 Å². The number of hydrogen-bond donors (Lipinski definition) is 1. The Hall–Kier alpha value is -2.33. The SMILES string of the molecule is O=C(Nc1ccccc1)N1CCCC(CN2CCC(Cc3ccccc3)CC2)C1. The molecule has 154 valence electrons. The first kappa shape index (κ1) is 20.0. The van der Waals surface area contributed by atoms with E-state index >= 15 is 0 Å². The average molecular weight is 392 g/mol. The molecule has 0 aliphatic carbocycles. The molecule has 2 amide bonds. The minimum atomic E-state index is 0.0440. The van der Waals surface area contributed by atoms with E-state index in [9.17, 15) is 4.79 Å². The first-order valence-corrected chi connectivity index (χ1v) is 11.1. The molecule has 0 radical (unpaired) electrons. The number of hydrogen-bond acceptors (Lipinski definition) is 2. The third-order valence-electron chi connectivity index (χ3n) is 6.42. The van der Waals surface area contributed by atoms with Crippen molar-refractivity contribution in [1.29, 1.82) is 0 Å². The maximum atomic E-state index is 12.6. The van der Waals surface area contributed by atoms with Gasteiger partial charge in [-0.25, -0.2) is 4.79 Å². The van der Waals surface area contributed by atoms with Gasteiger partial charge in [-0.3, -0.25) is 0 Å². The van der Waals surface area contributed by atoms with Crippen LogP contribution in [0.2, 0.25) is 0 Å². The topological polar surface area (TPSA) is 35.6 Å². The zero-order valence-electron chi connectivity index (χ0n) is 17.3. The zero-order chi connectivity index (χ0) is 19.9.